The van der Waals surface area contributed by atoms with E-state index in [0.29, 0.717) is 6.54 Å². The smallest absolute Gasteiger partial charge is 0.213 e. The van der Waals surface area contributed by atoms with Gasteiger partial charge in [0.05, 0.1) is 24.4 Å². The topological polar surface area (TPSA) is 94.7 Å². The summed E-state index contributed by atoms with van der Waals surface area (Å²) in [5, 5.41) is 12.2. The third-order valence-corrected chi connectivity index (χ3v) is 5.72. The number of rotatable bonds is 8. The van der Waals surface area contributed by atoms with Crippen molar-refractivity contribution < 1.29 is 8.42 Å². The van der Waals surface area contributed by atoms with Gasteiger partial charge in [-0.3, -0.25) is 4.68 Å². The highest BCUT2D eigenvalue weighted by atomic mass is 32.2. The Kier molecular flexibility index (Phi) is 5.18. The zero-order valence-electron chi connectivity index (χ0n) is 15.1. The van der Waals surface area contributed by atoms with Crippen molar-refractivity contribution in [2.24, 2.45) is 0 Å². The predicted molar refractivity (Wildman–Crippen MR) is 106 cm³/mol. The van der Waals surface area contributed by atoms with Crippen molar-refractivity contribution in [2.45, 2.75) is 19.6 Å². The molecule has 9 heteroatoms. The van der Waals surface area contributed by atoms with Gasteiger partial charge < -0.3 is 0 Å². The first kappa shape index (κ1) is 18.3. The fourth-order valence-corrected chi connectivity index (χ4v) is 3.84. The second kappa shape index (κ2) is 7.91. The van der Waals surface area contributed by atoms with Crippen molar-refractivity contribution in [2.75, 3.05) is 5.75 Å². The number of nitrogens with one attached hydrogen (secondary N) is 1. The van der Waals surface area contributed by atoms with E-state index < -0.39 is 10.0 Å². The molecule has 0 aliphatic heterocycles. The van der Waals surface area contributed by atoms with Gasteiger partial charge in [-0.25, -0.2) is 17.8 Å². The van der Waals surface area contributed by atoms with E-state index in [0.717, 1.165) is 22.2 Å². The van der Waals surface area contributed by atoms with Crippen molar-refractivity contribution in [1.29, 1.82) is 0 Å². The summed E-state index contributed by atoms with van der Waals surface area (Å²) >= 11 is 0. The summed E-state index contributed by atoms with van der Waals surface area (Å²) in [6.45, 7) is 1.19. The third-order valence-electron chi connectivity index (χ3n) is 4.41. The maximum absolute atomic E-state index is 12.3. The van der Waals surface area contributed by atoms with Crippen LogP contribution in [0.15, 0.2) is 67.0 Å². The molecule has 8 nitrogen and oxygen atoms in total. The zero-order chi connectivity index (χ0) is 19.4. The molecule has 28 heavy (non-hydrogen) atoms. The molecular weight excluding hydrogens is 376 g/mol. The standard InChI is InChI=1S/C19H20N6O2S/c26-28(27,13-12-25-19-5-2-1-4-18(19)22-23-25)21-14-16-6-8-17(9-7-16)15-24-11-3-10-20-24/h1-11,21H,12-15H2. The molecule has 0 amide bonds. The van der Waals surface area contributed by atoms with Gasteiger partial charge in [0.1, 0.15) is 5.52 Å². The molecule has 4 rings (SSSR count). The highest BCUT2D eigenvalue weighted by molar-refractivity contribution is 7.89. The van der Waals surface area contributed by atoms with Gasteiger partial charge in [-0.1, -0.05) is 41.6 Å². The van der Waals surface area contributed by atoms with Gasteiger partial charge in [0.2, 0.25) is 10.0 Å². The van der Waals surface area contributed by atoms with Crippen LogP contribution in [0.3, 0.4) is 0 Å². The molecule has 2 heterocycles. The number of aryl methyl sites for hydroxylation is 1. The largest absolute Gasteiger partial charge is 0.268 e. The van der Waals surface area contributed by atoms with Gasteiger partial charge in [0, 0.05) is 18.9 Å². The van der Waals surface area contributed by atoms with Crippen LogP contribution in [0.25, 0.3) is 11.0 Å². The number of sulfonamides is 1. The normalized spacial score (nSPS) is 11.9. The number of hydrogen-bond donors (Lipinski definition) is 1. The van der Waals surface area contributed by atoms with Crippen LogP contribution in [0.5, 0.6) is 0 Å². The minimum Gasteiger partial charge on any atom is -0.268 e. The first-order valence-corrected chi connectivity index (χ1v) is 10.6. The second-order valence-electron chi connectivity index (χ2n) is 6.46. The van der Waals surface area contributed by atoms with E-state index in [-0.39, 0.29) is 18.8 Å². The van der Waals surface area contributed by atoms with Crippen molar-refractivity contribution in [3.63, 3.8) is 0 Å². The molecule has 2 aromatic carbocycles. The first-order valence-electron chi connectivity index (χ1n) is 8.90. The Morgan fingerprint density at radius 3 is 2.54 bits per heavy atom. The number of benzene rings is 2. The molecule has 144 valence electrons. The Bertz CT molecular complexity index is 1150. The van der Waals surface area contributed by atoms with Crippen molar-refractivity contribution >= 4 is 21.1 Å². The fraction of sp³-hybridized carbons (Fsp3) is 0.211. The molecular formula is C19H20N6O2S. The number of nitrogens with zero attached hydrogens (tertiary/aromatic N) is 5. The van der Waals surface area contributed by atoms with E-state index in [2.05, 4.69) is 20.1 Å². The highest BCUT2D eigenvalue weighted by Gasteiger charge is 2.12. The van der Waals surface area contributed by atoms with Gasteiger partial charge >= 0.3 is 0 Å². The lowest BCUT2D eigenvalue weighted by Gasteiger charge is -2.08. The van der Waals surface area contributed by atoms with E-state index in [1.54, 1.807) is 10.9 Å². The van der Waals surface area contributed by atoms with Crippen LogP contribution in [0.2, 0.25) is 0 Å². The van der Waals surface area contributed by atoms with E-state index in [1.165, 1.54) is 0 Å². The van der Waals surface area contributed by atoms with Crippen LogP contribution in [0.4, 0.5) is 0 Å². The molecule has 0 spiro atoms. The van der Waals surface area contributed by atoms with E-state index >= 15 is 0 Å². The third kappa shape index (κ3) is 4.44. The van der Waals surface area contributed by atoms with Crippen molar-refractivity contribution in [3.05, 3.63) is 78.1 Å². The van der Waals surface area contributed by atoms with Crippen molar-refractivity contribution in [1.82, 2.24) is 29.5 Å². The van der Waals surface area contributed by atoms with Crippen molar-refractivity contribution in [3.8, 4) is 0 Å². The summed E-state index contributed by atoms with van der Waals surface area (Å²) in [7, 11) is -3.43. The lowest BCUT2D eigenvalue weighted by molar-refractivity contribution is 0.566. The number of fused-ring (bicyclic) bond motifs is 1. The molecule has 0 aliphatic rings. The second-order valence-corrected chi connectivity index (χ2v) is 8.39. The summed E-state index contributed by atoms with van der Waals surface area (Å²) in [6, 6.07) is 17.2. The van der Waals surface area contributed by atoms with Gasteiger partial charge in [-0.2, -0.15) is 5.10 Å². The molecule has 1 N–H and O–H groups in total. The average Bonchev–Trinajstić information content (AvgIpc) is 3.36. The van der Waals surface area contributed by atoms with Crippen LogP contribution >= 0.6 is 0 Å². The molecule has 0 bridgehead atoms. The van der Waals surface area contributed by atoms with Crippen LogP contribution in [-0.4, -0.2) is 38.9 Å². The molecule has 0 fully saturated rings. The lowest BCUT2D eigenvalue weighted by Crippen LogP contribution is -2.28. The summed E-state index contributed by atoms with van der Waals surface area (Å²) in [5.74, 6) is -0.0578. The number of aromatic nitrogens is 5. The maximum Gasteiger partial charge on any atom is 0.213 e. The molecule has 0 unspecified atom stereocenters. The SMILES string of the molecule is O=S(=O)(CCn1nnc2ccccc21)NCc1ccc(Cn2cccn2)cc1. The number of para-hydroxylation sites is 1. The van der Waals surface area contributed by atoms with Crippen LogP contribution in [-0.2, 0) is 29.7 Å². The van der Waals surface area contributed by atoms with Gasteiger partial charge in [0.15, 0.2) is 0 Å². The van der Waals surface area contributed by atoms with Crippen LogP contribution in [0.1, 0.15) is 11.1 Å². The fourth-order valence-electron chi connectivity index (χ4n) is 2.90. The van der Waals surface area contributed by atoms with E-state index in [9.17, 15) is 8.42 Å². The Hall–Kier alpha value is -3.04. The molecule has 0 saturated heterocycles. The van der Waals surface area contributed by atoms with Gasteiger partial charge in [-0.15, -0.1) is 5.10 Å². The van der Waals surface area contributed by atoms with Crippen LogP contribution < -0.4 is 4.72 Å². The maximum atomic E-state index is 12.3. The quantitative estimate of drug-likeness (QED) is 0.490. The number of hydrogen-bond acceptors (Lipinski definition) is 5. The molecule has 2 aromatic heterocycles. The van der Waals surface area contributed by atoms with E-state index in [4.69, 9.17) is 0 Å². The van der Waals surface area contributed by atoms with E-state index in [1.807, 2.05) is 65.5 Å². The lowest BCUT2D eigenvalue weighted by atomic mass is 10.1. The molecule has 0 saturated carbocycles. The first-order chi connectivity index (χ1) is 13.6. The molecule has 0 atom stereocenters. The Balaban J connectivity index is 1.32. The Morgan fingerprint density at radius 1 is 0.964 bits per heavy atom. The van der Waals surface area contributed by atoms with Gasteiger partial charge in [0.25, 0.3) is 0 Å². The van der Waals surface area contributed by atoms with Crippen LogP contribution in [0, 0.1) is 0 Å². The predicted octanol–water partition coefficient (Wildman–Crippen LogP) is 1.80. The highest BCUT2D eigenvalue weighted by Crippen LogP contribution is 2.10. The Morgan fingerprint density at radius 2 is 1.75 bits per heavy atom. The summed E-state index contributed by atoms with van der Waals surface area (Å²) in [6.07, 6.45) is 3.64. The average molecular weight is 396 g/mol. The summed E-state index contributed by atoms with van der Waals surface area (Å²) < 4.78 is 30.8. The Labute approximate surface area is 162 Å². The molecule has 0 radical (unpaired) electrons. The zero-order valence-corrected chi connectivity index (χ0v) is 16.0. The monoisotopic (exact) mass is 396 g/mol. The minimum absolute atomic E-state index is 0.0578. The minimum atomic E-state index is -3.43. The molecule has 0 aliphatic carbocycles. The van der Waals surface area contributed by atoms with Gasteiger partial charge in [-0.05, 0) is 29.3 Å². The molecule has 4 aromatic rings. The summed E-state index contributed by atoms with van der Waals surface area (Å²) in [4.78, 5) is 0. The summed E-state index contributed by atoms with van der Waals surface area (Å²) in [5.41, 5.74) is 3.58.